The summed E-state index contributed by atoms with van der Waals surface area (Å²) in [5.41, 5.74) is 8.97. The van der Waals surface area contributed by atoms with Crippen molar-refractivity contribution in [3.63, 3.8) is 0 Å². The fourth-order valence-corrected chi connectivity index (χ4v) is 5.29. The van der Waals surface area contributed by atoms with Crippen LogP contribution in [0.2, 0.25) is 10.0 Å². The van der Waals surface area contributed by atoms with Crippen molar-refractivity contribution in [2.75, 3.05) is 13.2 Å². The van der Waals surface area contributed by atoms with Crippen molar-refractivity contribution in [1.82, 2.24) is 0 Å². The number of fused-ring (bicyclic) bond motifs is 1. The van der Waals surface area contributed by atoms with Crippen LogP contribution in [0.25, 0.3) is 0 Å². The highest BCUT2D eigenvalue weighted by molar-refractivity contribution is 6.35. The average Bonchev–Trinajstić information content (AvgIpc) is 3.03. The zero-order valence-corrected chi connectivity index (χ0v) is 26.2. The number of nitrogens with two attached hydrogens (primary N) is 1. The Kier molecular flexibility index (Phi) is 10.0. The molecular formula is C35H30Cl2N2O6. The molecule has 0 aliphatic carbocycles. The normalized spacial score (nSPS) is 13.7. The smallest absolute Gasteiger partial charge is 0.343 e. The summed E-state index contributed by atoms with van der Waals surface area (Å²) < 4.78 is 29.1. The molecule has 1 atom stereocenters. The highest BCUT2D eigenvalue weighted by Gasteiger charge is 2.32. The maximum absolute atomic E-state index is 12.9. The van der Waals surface area contributed by atoms with E-state index in [1.807, 2.05) is 26.0 Å². The Balaban J connectivity index is 1.41. The van der Waals surface area contributed by atoms with E-state index in [1.165, 1.54) is 0 Å². The monoisotopic (exact) mass is 644 g/mol. The largest absolute Gasteiger partial charge is 0.494 e. The number of nitriles is 1. The van der Waals surface area contributed by atoms with Gasteiger partial charge in [0.2, 0.25) is 5.88 Å². The first-order valence-electron chi connectivity index (χ1n) is 14.3. The molecule has 1 aliphatic heterocycles. The van der Waals surface area contributed by atoms with Crippen molar-refractivity contribution in [2.24, 2.45) is 5.73 Å². The average molecular weight is 646 g/mol. The van der Waals surface area contributed by atoms with Crippen molar-refractivity contribution in [3.05, 3.63) is 123 Å². The molecule has 0 saturated carbocycles. The topological polar surface area (TPSA) is 113 Å². The summed E-state index contributed by atoms with van der Waals surface area (Å²) >= 11 is 12.3. The Bertz CT molecular complexity index is 1800. The molecule has 0 aromatic heterocycles. The molecule has 4 aromatic rings. The number of carbonyl (C=O) groups excluding carboxylic acids is 1. The van der Waals surface area contributed by atoms with E-state index in [9.17, 15) is 10.1 Å². The Morgan fingerprint density at radius 3 is 2.53 bits per heavy atom. The summed E-state index contributed by atoms with van der Waals surface area (Å²) in [5.74, 6) is 1.01. The zero-order valence-electron chi connectivity index (χ0n) is 24.6. The highest BCUT2D eigenvalue weighted by Crippen LogP contribution is 2.45. The molecule has 1 aliphatic rings. The molecule has 4 aromatic carbocycles. The number of rotatable bonds is 11. The van der Waals surface area contributed by atoms with Gasteiger partial charge in [0.15, 0.2) is 11.5 Å². The third-order valence-corrected chi connectivity index (χ3v) is 7.53. The van der Waals surface area contributed by atoms with E-state index >= 15 is 0 Å². The van der Waals surface area contributed by atoms with Crippen LogP contribution < -0.4 is 29.4 Å². The van der Waals surface area contributed by atoms with Crippen LogP contribution >= 0.6 is 23.2 Å². The van der Waals surface area contributed by atoms with Gasteiger partial charge < -0.3 is 29.4 Å². The first-order chi connectivity index (χ1) is 21.8. The predicted octanol–water partition coefficient (Wildman–Crippen LogP) is 8.20. The molecule has 8 nitrogen and oxygen atoms in total. The molecule has 0 saturated heterocycles. The van der Waals surface area contributed by atoms with Crippen molar-refractivity contribution < 1.29 is 28.5 Å². The van der Waals surface area contributed by atoms with Crippen LogP contribution in [0.3, 0.4) is 0 Å². The van der Waals surface area contributed by atoms with Gasteiger partial charge in [-0.1, -0.05) is 54.4 Å². The molecule has 1 heterocycles. The number of esters is 1. The van der Waals surface area contributed by atoms with Gasteiger partial charge in [0.1, 0.15) is 35.5 Å². The summed E-state index contributed by atoms with van der Waals surface area (Å²) in [4.78, 5) is 12.9. The van der Waals surface area contributed by atoms with E-state index in [4.69, 9.17) is 52.6 Å². The molecule has 5 rings (SSSR count). The van der Waals surface area contributed by atoms with Crippen molar-refractivity contribution in [1.29, 1.82) is 5.26 Å². The summed E-state index contributed by atoms with van der Waals surface area (Å²) in [7, 11) is 0. The minimum atomic E-state index is -0.574. The second kappa shape index (κ2) is 14.3. The lowest BCUT2D eigenvalue weighted by molar-refractivity contribution is 0.0734. The van der Waals surface area contributed by atoms with Crippen LogP contribution in [0.5, 0.6) is 28.7 Å². The molecule has 0 spiro atoms. The lowest BCUT2D eigenvalue weighted by Gasteiger charge is -2.27. The minimum Gasteiger partial charge on any atom is -0.494 e. The van der Waals surface area contributed by atoms with Crippen LogP contribution in [0.1, 0.15) is 53.2 Å². The standard InChI is InChI=1S/C35H30Cl2N2O6/c1-3-14-42-25-7-5-6-22(15-25)35(40)44-26-11-12-27-31(18-26)45-34(39)28(19-38)33(27)21-9-13-30(32(16-21)41-4-2)43-20-23-8-10-24(36)17-29(23)37/h5-13,15-18,33H,3-4,14,20,39H2,1-2H3. The van der Waals surface area contributed by atoms with Crippen molar-refractivity contribution >= 4 is 29.2 Å². The molecule has 2 N–H and O–H groups in total. The van der Waals surface area contributed by atoms with Crippen LogP contribution in [0.15, 0.2) is 90.3 Å². The van der Waals surface area contributed by atoms with Gasteiger partial charge in [-0.15, -0.1) is 0 Å². The second-order valence-electron chi connectivity index (χ2n) is 10.1. The fraction of sp³-hybridized carbons (Fsp3) is 0.200. The molecule has 230 valence electrons. The number of nitrogens with zero attached hydrogens (tertiary/aromatic N) is 1. The van der Waals surface area contributed by atoms with Gasteiger partial charge in [-0.05, 0) is 67.4 Å². The maximum atomic E-state index is 12.9. The molecule has 1 unspecified atom stereocenters. The number of carbonyl (C=O) groups is 1. The second-order valence-corrected chi connectivity index (χ2v) is 10.9. The molecule has 0 fully saturated rings. The number of halogens is 2. The summed E-state index contributed by atoms with van der Waals surface area (Å²) in [6.45, 7) is 5.00. The van der Waals surface area contributed by atoms with Gasteiger partial charge in [-0.3, -0.25) is 0 Å². The van der Waals surface area contributed by atoms with E-state index in [0.29, 0.717) is 57.4 Å². The third-order valence-electron chi connectivity index (χ3n) is 6.94. The number of allylic oxidation sites excluding steroid dienone is 1. The van der Waals surface area contributed by atoms with E-state index in [-0.39, 0.29) is 23.8 Å². The summed E-state index contributed by atoms with van der Waals surface area (Å²) in [5, 5.41) is 11.1. The number of ether oxygens (including phenoxy) is 5. The number of benzene rings is 4. The first-order valence-corrected chi connectivity index (χ1v) is 15.1. The molecule has 0 bridgehead atoms. The van der Waals surface area contributed by atoms with Crippen LogP contribution in [-0.2, 0) is 6.61 Å². The van der Waals surface area contributed by atoms with E-state index < -0.39 is 11.9 Å². The van der Waals surface area contributed by atoms with Crippen LogP contribution in [-0.4, -0.2) is 19.2 Å². The van der Waals surface area contributed by atoms with E-state index in [1.54, 1.807) is 66.7 Å². The Morgan fingerprint density at radius 2 is 1.78 bits per heavy atom. The van der Waals surface area contributed by atoms with Crippen LogP contribution in [0.4, 0.5) is 0 Å². The molecule has 0 amide bonds. The predicted molar refractivity (Wildman–Crippen MR) is 171 cm³/mol. The summed E-state index contributed by atoms with van der Waals surface area (Å²) in [6, 6.07) is 24.6. The molecular weight excluding hydrogens is 615 g/mol. The summed E-state index contributed by atoms with van der Waals surface area (Å²) in [6.07, 6.45) is 0.848. The highest BCUT2D eigenvalue weighted by atomic mass is 35.5. The molecule has 10 heteroatoms. The van der Waals surface area contributed by atoms with Crippen molar-refractivity contribution in [2.45, 2.75) is 32.8 Å². The molecule has 45 heavy (non-hydrogen) atoms. The maximum Gasteiger partial charge on any atom is 0.343 e. The van der Waals surface area contributed by atoms with Gasteiger partial charge in [0.25, 0.3) is 0 Å². The Labute approximate surface area is 271 Å². The lowest BCUT2D eigenvalue weighted by atomic mass is 9.83. The number of hydrogen-bond donors (Lipinski definition) is 1. The van der Waals surface area contributed by atoms with Gasteiger partial charge in [-0.2, -0.15) is 5.26 Å². The Morgan fingerprint density at radius 1 is 0.933 bits per heavy atom. The third kappa shape index (κ3) is 7.28. The van der Waals surface area contributed by atoms with E-state index in [2.05, 4.69) is 6.07 Å². The van der Waals surface area contributed by atoms with Gasteiger partial charge >= 0.3 is 5.97 Å². The lowest BCUT2D eigenvalue weighted by Crippen LogP contribution is -2.21. The quantitative estimate of drug-likeness (QED) is 0.128. The first kappa shape index (κ1) is 31.6. The zero-order chi connectivity index (χ0) is 31.9. The van der Waals surface area contributed by atoms with Gasteiger partial charge in [-0.25, -0.2) is 4.79 Å². The fourth-order valence-electron chi connectivity index (χ4n) is 4.83. The van der Waals surface area contributed by atoms with Crippen LogP contribution in [0, 0.1) is 11.3 Å². The minimum absolute atomic E-state index is 0.0464. The SMILES string of the molecule is CCCOc1cccc(C(=O)Oc2ccc3c(c2)OC(N)=C(C#N)C3c2ccc(OCc3ccc(Cl)cc3Cl)c(OCC)c2)c1. The number of hydrogen-bond acceptors (Lipinski definition) is 8. The van der Waals surface area contributed by atoms with Gasteiger partial charge in [0.05, 0.1) is 24.7 Å². The Hall–Kier alpha value is -4.84. The van der Waals surface area contributed by atoms with Crippen molar-refractivity contribution in [3.8, 4) is 34.8 Å². The van der Waals surface area contributed by atoms with E-state index in [0.717, 1.165) is 17.5 Å². The molecule has 0 radical (unpaired) electrons. The van der Waals surface area contributed by atoms with Gasteiger partial charge in [0, 0.05) is 27.2 Å².